The van der Waals surface area contributed by atoms with Crippen molar-refractivity contribution >= 4 is 0 Å². The highest BCUT2D eigenvalue weighted by atomic mass is 16.5. The molecule has 1 aromatic rings. The summed E-state index contributed by atoms with van der Waals surface area (Å²) in [6.07, 6.45) is 5.29. The van der Waals surface area contributed by atoms with E-state index in [2.05, 4.69) is 24.0 Å². The summed E-state index contributed by atoms with van der Waals surface area (Å²) in [7, 11) is 1.69. The average molecular weight is 261 g/mol. The van der Waals surface area contributed by atoms with Crippen molar-refractivity contribution in [3.05, 3.63) is 35.9 Å². The Morgan fingerprint density at radius 1 is 1.42 bits per heavy atom. The number of rotatable bonds is 8. The molecule has 3 heteroatoms. The largest absolute Gasteiger partial charge is 0.493 e. The van der Waals surface area contributed by atoms with Crippen LogP contribution in [0.1, 0.15) is 30.9 Å². The second kappa shape index (κ2) is 6.62. The average Bonchev–Trinajstić information content (AvgIpc) is 3.23. The zero-order valence-electron chi connectivity index (χ0n) is 11.9. The fourth-order valence-corrected chi connectivity index (χ4v) is 2.14. The van der Waals surface area contributed by atoms with E-state index in [1.165, 1.54) is 18.4 Å². The summed E-state index contributed by atoms with van der Waals surface area (Å²) in [6.45, 7) is 7.33. The summed E-state index contributed by atoms with van der Waals surface area (Å²) in [4.78, 5) is 0. The van der Waals surface area contributed by atoms with Gasteiger partial charge in [0.15, 0.2) is 11.5 Å². The van der Waals surface area contributed by atoms with Gasteiger partial charge in [-0.25, -0.2) is 0 Å². The summed E-state index contributed by atoms with van der Waals surface area (Å²) < 4.78 is 11.2. The predicted molar refractivity (Wildman–Crippen MR) is 77.9 cm³/mol. The molecule has 0 spiro atoms. The number of hydrogen-bond donors (Lipinski definition) is 1. The first kappa shape index (κ1) is 13.9. The van der Waals surface area contributed by atoms with Gasteiger partial charge in [0, 0.05) is 18.2 Å². The Labute approximate surface area is 115 Å². The lowest BCUT2D eigenvalue weighted by Gasteiger charge is -2.16. The Kier molecular flexibility index (Phi) is 4.86. The van der Waals surface area contributed by atoms with Crippen LogP contribution >= 0.6 is 0 Å². The van der Waals surface area contributed by atoms with Gasteiger partial charge in [-0.2, -0.15) is 0 Å². The molecule has 2 rings (SSSR count). The van der Waals surface area contributed by atoms with Gasteiger partial charge < -0.3 is 14.8 Å². The first-order valence-corrected chi connectivity index (χ1v) is 6.95. The van der Waals surface area contributed by atoms with Crippen LogP contribution < -0.4 is 14.8 Å². The van der Waals surface area contributed by atoms with Crippen LogP contribution in [0, 0.1) is 0 Å². The maximum absolute atomic E-state index is 5.71. The van der Waals surface area contributed by atoms with Crippen LogP contribution in [0.3, 0.4) is 0 Å². The van der Waals surface area contributed by atoms with Crippen molar-refractivity contribution in [2.75, 3.05) is 13.7 Å². The maximum atomic E-state index is 5.71. The summed E-state index contributed by atoms with van der Waals surface area (Å²) in [5.41, 5.74) is 2.38. The molecule has 0 heterocycles. The molecule has 0 aliphatic heterocycles. The molecule has 0 atom stereocenters. The summed E-state index contributed by atoms with van der Waals surface area (Å²) in [5.74, 6) is 1.66. The van der Waals surface area contributed by atoms with Gasteiger partial charge in [-0.3, -0.25) is 0 Å². The lowest BCUT2D eigenvalue weighted by Crippen LogP contribution is -2.15. The Bertz CT molecular complexity index is 439. The lowest BCUT2D eigenvalue weighted by atomic mass is 10.1. The zero-order chi connectivity index (χ0) is 13.7. The number of allylic oxidation sites excluding steroid dienone is 1. The fraction of sp³-hybridized carbons (Fsp3) is 0.500. The minimum absolute atomic E-state index is 0.639. The first-order chi connectivity index (χ1) is 9.28. The standard InChI is InChI=1S/C16H23NO2/c1-4-6-13-9-12(11-17-14-7-8-14)10-15(18-3)16(13)19-5-2/h4,9-10,14,17H,1,5-8,11H2,2-3H3. The van der Waals surface area contributed by atoms with Crippen molar-refractivity contribution in [1.29, 1.82) is 0 Å². The Morgan fingerprint density at radius 3 is 2.79 bits per heavy atom. The van der Waals surface area contributed by atoms with E-state index in [0.717, 1.165) is 30.0 Å². The highest BCUT2D eigenvalue weighted by Gasteiger charge is 2.20. The number of nitrogens with one attached hydrogen (secondary N) is 1. The summed E-state index contributed by atoms with van der Waals surface area (Å²) >= 11 is 0. The van der Waals surface area contributed by atoms with E-state index in [-0.39, 0.29) is 0 Å². The first-order valence-electron chi connectivity index (χ1n) is 6.95. The molecule has 3 nitrogen and oxygen atoms in total. The zero-order valence-corrected chi connectivity index (χ0v) is 11.9. The van der Waals surface area contributed by atoms with Crippen molar-refractivity contribution in [2.45, 2.75) is 38.8 Å². The topological polar surface area (TPSA) is 30.5 Å². The fourth-order valence-electron chi connectivity index (χ4n) is 2.14. The third kappa shape index (κ3) is 3.74. The van der Waals surface area contributed by atoms with Crippen LogP contribution in [0.2, 0.25) is 0 Å². The van der Waals surface area contributed by atoms with E-state index in [1.807, 2.05) is 13.0 Å². The highest BCUT2D eigenvalue weighted by Crippen LogP contribution is 2.34. The van der Waals surface area contributed by atoms with Crippen molar-refractivity contribution in [2.24, 2.45) is 0 Å². The van der Waals surface area contributed by atoms with E-state index in [9.17, 15) is 0 Å². The second-order valence-corrected chi connectivity index (χ2v) is 4.87. The Morgan fingerprint density at radius 2 is 2.21 bits per heavy atom. The normalized spacial score (nSPS) is 14.2. The molecule has 19 heavy (non-hydrogen) atoms. The van der Waals surface area contributed by atoms with Crippen LogP contribution in [0.4, 0.5) is 0 Å². The van der Waals surface area contributed by atoms with Gasteiger partial charge in [-0.1, -0.05) is 12.1 Å². The minimum Gasteiger partial charge on any atom is -0.493 e. The molecule has 1 aliphatic carbocycles. The van der Waals surface area contributed by atoms with Crippen LogP contribution in [0.5, 0.6) is 11.5 Å². The Balaban J connectivity index is 2.23. The molecule has 0 bridgehead atoms. The van der Waals surface area contributed by atoms with Gasteiger partial charge in [0.2, 0.25) is 0 Å². The van der Waals surface area contributed by atoms with Crippen LogP contribution in [0.25, 0.3) is 0 Å². The molecule has 0 radical (unpaired) electrons. The van der Waals surface area contributed by atoms with Gasteiger partial charge in [0.25, 0.3) is 0 Å². The molecule has 1 aliphatic rings. The van der Waals surface area contributed by atoms with E-state index < -0.39 is 0 Å². The molecule has 1 saturated carbocycles. The minimum atomic E-state index is 0.639. The predicted octanol–water partition coefficient (Wildman–Crippen LogP) is 3.07. The smallest absolute Gasteiger partial charge is 0.164 e. The maximum Gasteiger partial charge on any atom is 0.164 e. The highest BCUT2D eigenvalue weighted by molar-refractivity contribution is 5.50. The Hall–Kier alpha value is -1.48. The van der Waals surface area contributed by atoms with Gasteiger partial charge in [0.1, 0.15) is 0 Å². The molecule has 1 aromatic carbocycles. The van der Waals surface area contributed by atoms with E-state index in [4.69, 9.17) is 9.47 Å². The van der Waals surface area contributed by atoms with E-state index in [1.54, 1.807) is 7.11 Å². The van der Waals surface area contributed by atoms with Crippen molar-refractivity contribution in [3.63, 3.8) is 0 Å². The monoisotopic (exact) mass is 261 g/mol. The van der Waals surface area contributed by atoms with Crippen LogP contribution in [-0.4, -0.2) is 19.8 Å². The van der Waals surface area contributed by atoms with Crippen molar-refractivity contribution in [3.8, 4) is 11.5 Å². The number of hydrogen-bond acceptors (Lipinski definition) is 3. The van der Waals surface area contributed by atoms with Gasteiger partial charge in [-0.05, 0) is 37.8 Å². The third-order valence-electron chi connectivity index (χ3n) is 3.24. The molecular formula is C16H23NO2. The SMILES string of the molecule is C=CCc1cc(CNC2CC2)cc(OC)c1OCC. The van der Waals surface area contributed by atoms with Crippen molar-refractivity contribution in [1.82, 2.24) is 5.32 Å². The second-order valence-electron chi connectivity index (χ2n) is 4.87. The van der Waals surface area contributed by atoms with E-state index >= 15 is 0 Å². The van der Waals surface area contributed by atoms with Crippen molar-refractivity contribution < 1.29 is 9.47 Å². The molecular weight excluding hydrogens is 238 g/mol. The van der Waals surface area contributed by atoms with Crippen LogP contribution in [0.15, 0.2) is 24.8 Å². The number of methoxy groups -OCH3 is 1. The van der Waals surface area contributed by atoms with Gasteiger partial charge in [0.05, 0.1) is 13.7 Å². The molecule has 104 valence electrons. The van der Waals surface area contributed by atoms with Crippen LogP contribution in [-0.2, 0) is 13.0 Å². The molecule has 0 saturated heterocycles. The quantitative estimate of drug-likeness (QED) is 0.729. The molecule has 0 amide bonds. The summed E-state index contributed by atoms with van der Waals surface area (Å²) in [5, 5.41) is 3.52. The lowest BCUT2D eigenvalue weighted by molar-refractivity contribution is 0.308. The van der Waals surface area contributed by atoms with Gasteiger partial charge >= 0.3 is 0 Å². The molecule has 1 fully saturated rings. The summed E-state index contributed by atoms with van der Waals surface area (Å²) in [6, 6.07) is 4.96. The molecule has 1 N–H and O–H groups in total. The number of benzene rings is 1. The number of ether oxygens (including phenoxy) is 2. The van der Waals surface area contributed by atoms with E-state index in [0.29, 0.717) is 12.6 Å². The molecule has 0 aromatic heterocycles. The third-order valence-corrected chi connectivity index (χ3v) is 3.24. The molecule has 0 unspecified atom stereocenters. The van der Waals surface area contributed by atoms with Gasteiger partial charge in [-0.15, -0.1) is 6.58 Å².